The van der Waals surface area contributed by atoms with Crippen LogP contribution in [0.3, 0.4) is 0 Å². The maximum atomic E-state index is 9.54. The summed E-state index contributed by atoms with van der Waals surface area (Å²) in [4.78, 5) is 0. The van der Waals surface area contributed by atoms with E-state index in [1.165, 1.54) is 5.56 Å². The van der Waals surface area contributed by atoms with E-state index in [2.05, 4.69) is 25.2 Å². The lowest BCUT2D eigenvalue weighted by Crippen LogP contribution is -2.22. The Bertz CT molecular complexity index is 568. The third-order valence-electron chi connectivity index (χ3n) is 3.46. The van der Waals surface area contributed by atoms with Gasteiger partial charge in [0, 0.05) is 12.1 Å². The zero-order valence-corrected chi connectivity index (χ0v) is 12.1. The molecule has 0 amide bonds. The molecule has 2 rings (SSSR count). The summed E-state index contributed by atoms with van der Waals surface area (Å²) in [5.74, 6) is 1.16. The summed E-state index contributed by atoms with van der Waals surface area (Å²) >= 11 is 0. The summed E-state index contributed by atoms with van der Waals surface area (Å²) in [6.45, 7) is 4.21. The van der Waals surface area contributed by atoms with Crippen LogP contribution in [0.25, 0.3) is 0 Å². The number of rotatable bonds is 5. The number of nitrogens with one attached hydrogen (secondary N) is 1. The second-order valence-electron chi connectivity index (χ2n) is 4.98. The Kier molecular flexibility index (Phi) is 4.64. The number of hydrogen-bond donors (Lipinski definition) is 2. The molecule has 0 fully saturated rings. The van der Waals surface area contributed by atoms with E-state index in [1.54, 1.807) is 19.2 Å². The number of methoxy groups -OCH3 is 1. The molecule has 20 heavy (non-hydrogen) atoms. The number of phenolic OH excluding ortho intramolecular Hbond substituents is 1. The molecular weight excluding hydrogens is 250 g/mol. The first-order chi connectivity index (χ1) is 9.60. The number of ether oxygens (including phenoxy) is 1. The number of hydrogen-bond acceptors (Lipinski definition) is 3. The Morgan fingerprint density at radius 2 is 1.55 bits per heavy atom. The van der Waals surface area contributed by atoms with Crippen molar-refractivity contribution in [2.45, 2.75) is 25.9 Å². The van der Waals surface area contributed by atoms with E-state index in [4.69, 9.17) is 4.74 Å². The Hall–Kier alpha value is -2.00. The molecule has 106 valence electrons. The molecule has 0 heterocycles. The largest absolute Gasteiger partial charge is 0.508 e. The van der Waals surface area contributed by atoms with Crippen LogP contribution in [0.4, 0.5) is 0 Å². The van der Waals surface area contributed by atoms with Gasteiger partial charge in [-0.1, -0.05) is 24.3 Å². The second-order valence-corrected chi connectivity index (χ2v) is 4.98. The molecule has 2 aromatic carbocycles. The van der Waals surface area contributed by atoms with Crippen molar-refractivity contribution >= 4 is 0 Å². The Labute approximate surface area is 120 Å². The van der Waals surface area contributed by atoms with Crippen molar-refractivity contribution in [3.63, 3.8) is 0 Å². The topological polar surface area (TPSA) is 41.5 Å². The van der Waals surface area contributed by atoms with Crippen molar-refractivity contribution in [2.75, 3.05) is 7.11 Å². The van der Waals surface area contributed by atoms with Crippen LogP contribution in [0.1, 0.15) is 37.1 Å². The van der Waals surface area contributed by atoms with Crippen LogP contribution in [-0.2, 0) is 0 Å². The van der Waals surface area contributed by atoms with E-state index in [0.29, 0.717) is 5.75 Å². The third kappa shape index (κ3) is 3.52. The summed E-state index contributed by atoms with van der Waals surface area (Å²) in [6, 6.07) is 15.7. The fraction of sp³-hybridized carbons (Fsp3) is 0.294. The van der Waals surface area contributed by atoms with Crippen molar-refractivity contribution < 1.29 is 9.84 Å². The molecule has 0 saturated carbocycles. The Balaban J connectivity index is 2.08. The van der Waals surface area contributed by atoms with Crippen LogP contribution in [0, 0.1) is 0 Å². The van der Waals surface area contributed by atoms with Gasteiger partial charge in [-0.3, -0.25) is 0 Å². The second kappa shape index (κ2) is 6.44. The molecule has 3 nitrogen and oxygen atoms in total. The van der Waals surface area contributed by atoms with Gasteiger partial charge in [-0.25, -0.2) is 0 Å². The average Bonchev–Trinajstić information content (AvgIpc) is 2.47. The van der Waals surface area contributed by atoms with E-state index in [9.17, 15) is 5.11 Å². The standard InChI is InChI=1S/C17H21NO2/c1-12(14-6-4-8-16(19)10-14)18-13(2)15-7-5-9-17(11-15)20-3/h4-13,18-19H,1-3H3/t12?,13-/m1/s1. The molecule has 0 aliphatic carbocycles. The van der Waals surface area contributed by atoms with Crippen molar-refractivity contribution in [2.24, 2.45) is 0 Å². The van der Waals surface area contributed by atoms with Crippen molar-refractivity contribution in [1.82, 2.24) is 5.32 Å². The normalized spacial score (nSPS) is 13.8. The molecule has 1 unspecified atom stereocenters. The summed E-state index contributed by atoms with van der Waals surface area (Å²) in [7, 11) is 1.67. The monoisotopic (exact) mass is 271 g/mol. The highest BCUT2D eigenvalue weighted by Gasteiger charge is 2.12. The van der Waals surface area contributed by atoms with E-state index in [1.807, 2.05) is 30.3 Å². The van der Waals surface area contributed by atoms with Crippen LogP contribution < -0.4 is 10.1 Å². The molecule has 0 aliphatic rings. The zero-order valence-electron chi connectivity index (χ0n) is 12.1. The highest BCUT2D eigenvalue weighted by Crippen LogP contribution is 2.23. The van der Waals surface area contributed by atoms with Crippen molar-refractivity contribution in [3.05, 3.63) is 59.7 Å². The van der Waals surface area contributed by atoms with E-state index >= 15 is 0 Å². The SMILES string of the molecule is COc1cccc([C@@H](C)NC(C)c2cccc(O)c2)c1. The summed E-state index contributed by atoms with van der Waals surface area (Å²) in [5, 5.41) is 13.1. The molecule has 2 atom stereocenters. The van der Waals surface area contributed by atoms with Crippen molar-refractivity contribution in [1.29, 1.82) is 0 Å². The Morgan fingerprint density at radius 3 is 2.15 bits per heavy atom. The van der Waals surface area contributed by atoms with Crippen LogP contribution >= 0.6 is 0 Å². The lowest BCUT2D eigenvalue weighted by Gasteiger charge is -2.21. The van der Waals surface area contributed by atoms with Gasteiger partial charge in [-0.15, -0.1) is 0 Å². The molecule has 3 heteroatoms. The highest BCUT2D eigenvalue weighted by molar-refractivity contribution is 5.32. The first kappa shape index (κ1) is 14.4. The van der Waals surface area contributed by atoms with Crippen molar-refractivity contribution in [3.8, 4) is 11.5 Å². The molecule has 0 radical (unpaired) electrons. The van der Waals surface area contributed by atoms with Gasteiger partial charge in [-0.2, -0.15) is 0 Å². The molecule has 0 bridgehead atoms. The molecule has 0 spiro atoms. The van der Waals surface area contributed by atoms with Gasteiger partial charge in [0.1, 0.15) is 11.5 Å². The lowest BCUT2D eigenvalue weighted by atomic mass is 10.0. The van der Waals surface area contributed by atoms with E-state index < -0.39 is 0 Å². The van der Waals surface area contributed by atoms with Gasteiger partial charge >= 0.3 is 0 Å². The third-order valence-corrected chi connectivity index (χ3v) is 3.46. The van der Waals surface area contributed by atoms with Gasteiger partial charge in [0.25, 0.3) is 0 Å². The summed E-state index contributed by atoms with van der Waals surface area (Å²) in [5.41, 5.74) is 2.25. The van der Waals surface area contributed by atoms with Gasteiger partial charge < -0.3 is 15.2 Å². The Morgan fingerprint density at radius 1 is 0.950 bits per heavy atom. The van der Waals surface area contributed by atoms with Gasteiger partial charge in [0.05, 0.1) is 7.11 Å². The molecule has 2 aromatic rings. The van der Waals surface area contributed by atoms with Gasteiger partial charge in [0.15, 0.2) is 0 Å². The van der Waals surface area contributed by atoms with Crippen LogP contribution in [0.5, 0.6) is 11.5 Å². The predicted molar refractivity (Wildman–Crippen MR) is 81.1 cm³/mol. The fourth-order valence-electron chi connectivity index (χ4n) is 2.27. The molecule has 0 aliphatic heterocycles. The highest BCUT2D eigenvalue weighted by atomic mass is 16.5. The minimum atomic E-state index is 0.156. The minimum Gasteiger partial charge on any atom is -0.508 e. The lowest BCUT2D eigenvalue weighted by molar-refractivity contribution is 0.412. The smallest absolute Gasteiger partial charge is 0.119 e. The maximum Gasteiger partial charge on any atom is 0.119 e. The molecule has 0 saturated heterocycles. The minimum absolute atomic E-state index is 0.156. The van der Waals surface area contributed by atoms with E-state index in [-0.39, 0.29) is 12.1 Å². The van der Waals surface area contributed by atoms with Gasteiger partial charge in [0.2, 0.25) is 0 Å². The number of phenols is 1. The predicted octanol–water partition coefficient (Wildman–Crippen LogP) is 3.81. The molecular formula is C17H21NO2. The summed E-state index contributed by atoms with van der Waals surface area (Å²) < 4.78 is 5.25. The molecule has 2 N–H and O–H groups in total. The number of benzene rings is 2. The van der Waals surface area contributed by atoms with Crippen LogP contribution in [0.15, 0.2) is 48.5 Å². The fourth-order valence-corrected chi connectivity index (χ4v) is 2.27. The molecule has 0 aromatic heterocycles. The average molecular weight is 271 g/mol. The first-order valence-electron chi connectivity index (χ1n) is 6.79. The quantitative estimate of drug-likeness (QED) is 0.868. The van der Waals surface area contributed by atoms with Crippen LogP contribution in [0.2, 0.25) is 0 Å². The van der Waals surface area contributed by atoms with Crippen LogP contribution in [-0.4, -0.2) is 12.2 Å². The maximum absolute atomic E-state index is 9.54. The van der Waals surface area contributed by atoms with Gasteiger partial charge in [-0.05, 0) is 49.2 Å². The number of aromatic hydroxyl groups is 1. The summed E-state index contributed by atoms with van der Waals surface area (Å²) in [6.07, 6.45) is 0. The van der Waals surface area contributed by atoms with E-state index in [0.717, 1.165) is 11.3 Å². The zero-order chi connectivity index (χ0) is 14.5. The first-order valence-corrected chi connectivity index (χ1v) is 6.79.